The van der Waals surface area contributed by atoms with Crippen LogP contribution in [-0.2, 0) is 11.3 Å². The van der Waals surface area contributed by atoms with Gasteiger partial charge in [-0.2, -0.15) is 0 Å². The number of hydrogen-bond acceptors (Lipinski definition) is 7. The first-order valence-electron chi connectivity index (χ1n) is 10.4. The van der Waals surface area contributed by atoms with Gasteiger partial charge in [0.2, 0.25) is 5.91 Å². The van der Waals surface area contributed by atoms with Crippen molar-refractivity contribution < 1.29 is 19.1 Å². The topological polar surface area (TPSA) is 107 Å². The van der Waals surface area contributed by atoms with E-state index in [4.69, 9.17) is 9.47 Å². The van der Waals surface area contributed by atoms with Gasteiger partial charge in [-0.15, -0.1) is 10.2 Å². The normalized spacial score (nSPS) is 11.5. The molecule has 1 atom stereocenters. The lowest BCUT2D eigenvalue weighted by molar-refractivity contribution is -0.113. The molecule has 0 radical (unpaired) electrons. The molecule has 0 saturated heterocycles. The van der Waals surface area contributed by atoms with Crippen LogP contribution in [0, 0.1) is 0 Å². The number of para-hydroxylation sites is 2. The second-order valence-corrected chi connectivity index (χ2v) is 7.99. The van der Waals surface area contributed by atoms with Gasteiger partial charge in [0.05, 0.1) is 31.7 Å². The molecule has 0 spiro atoms. The first kappa shape index (κ1) is 24.1. The average molecular weight is 470 g/mol. The Kier molecular flexibility index (Phi) is 8.31. The molecule has 174 valence electrons. The zero-order valence-corrected chi connectivity index (χ0v) is 19.8. The number of hydrogen-bond donors (Lipinski definition) is 2. The van der Waals surface area contributed by atoms with Gasteiger partial charge >= 0.3 is 0 Å². The summed E-state index contributed by atoms with van der Waals surface area (Å²) in [5.74, 6) is 1.65. The van der Waals surface area contributed by atoms with Crippen LogP contribution in [0.5, 0.6) is 11.5 Å². The van der Waals surface area contributed by atoms with Crippen molar-refractivity contribution in [3.8, 4) is 11.5 Å². The van der Waals surface area contributed by atoms with E-state index in [-0.39, 0.29) is 23.6 Å². The van der Waals surface area contributed by atoms with E-state index in [1.807, 2.05) is 30.5 Å². The van der Waals surface area contributed by atoms with Gasteiger partial charge < -0.3 is 24.7 Å². The number of carbonyl (C=O) groups excluding carboxylic acids is 2. The van der Waals surface area contributed by atoms with Crippen LogP contribution in [-0.4, -0.2) is 46.6 Å². The number of rotatable bonds is 10. The molecule has 0 aliphatic carbocycles. The summed E-state index contributed by atoms with van der Waals surface area (Å²) in [6.45, 7) is 4.41. The van der Waals surface area contributed by atoms with Crippen LogP contribution in [0.25, 0.3) is 0 Å². The summed E-state index contributed by atoms with van der Waals surface area (Å²) in [6.07, 6.45) is 0. The van der Waals surface area contributed by atoms with E-state index in [2.05, 4.69) is 20.8 Å². The van der Waals surface area contributed by atoms with Crippen LogP contribution in [0.2, 0.25) is 0 Å². The van der Waals surface area contributed by atoms with Crippen molar-refractivity contribution in [3.05, 3.63) is 59.9 Å². The molecule has 1 aromatic heterocycles. The Labute approximate surface area is 196 Å². The Hall–Kier alpha value is -3.53. The van der Waals surface area contributed by atoms with E-state index < -0.39 is 0 Å². The predicted molar refractivity (Wildman–Crippen MR) is 127 cm³/mol. The fraction of sp³-hybridized carbons (Fsp3) is 0.304. The SMILES string of the molecule is CCn1c(SCC(=O)Nc2ccccc2OC)nnc1C(C)NC(=O)c1ccc(OC)cc1. The van der Waals surface area contributed by atoms with Crippen molar-refractivity contribution in [3.63, 3.8) is 0 Å². The molecule has 0 saturated carbocycles. The minimum Gasteiger partial charge on any atom is -0.497 e. The van der Waals surface area contributed by atoms with Gasteiger partial charge in [0, 0.05) is 12.1 Å². The monoisotopic (exact) mass is 469 g/mol. The Balaban J connectivity index is 1.62. The third-order valence-electron chi connectivity index (χ3n) is 4.86. The Morgan fingerprint density at radius 1 is 1.06 bits per heavy atom. The lowest BCUT2D eigenvalue weighted by Gasteiger charge is -2.15. The Bertz CT molecular complexity index is 1100. The van der Waals surface area contributed by atoms with E-state index >= 15 is 0 Å². The summed E-state index contributed by atoms with van der Waals surface area (Å²) in [5, 5.41) is 14.9. The molecule has 2 aromatic carbocycles. The van der Waals surface area contributed by atoms with Crippen molar-refractivity contribution in [2.75, 3.05) is 25.3 Å². The van der Waals surface area contributed by atoms with Crippen molar-refractivity contribution in [1.82, 2.24) is 20.1 Å². The smallest absolute Gasteiger partial charge is 0.251 e. The lowest BCUT2D eigenvalue weighted by Crippen LogP contribution is -2.28. The number of thioether (sulfide) groups is 1. The highest BCUT2D eigenvalue weighted by Crippen LogP contribution is 2.25. The molecular weight excluding hydrogens is 442 g/mol. The van der Waals surface area contributed by atoms with Crippen LogP contribution >= 0.6 is 11.8 Å². The lowest BCUT2D eigenvalue weighted by atomic mass is 10.2. The third-order valence-corrected chi connectivity index (χ3v) is 5.83. The second kappa shape index (κ2) is 11.4. The number of ether oxygens (including phenoxy) is 2. The highest BCUT2D eigenvalue weighted by molar-refractivity contribution is 7.99. The highest BCUT2D eigenvalue weighted by atomic mass is 32.2. The van der Waals surface area contributed by atoms with E-state index in [1.165, 1.54) is 11.8 Å². The summed E-state index contributed by atoms with van der Waals surface area (Å²) in [7, 11) is 3.13. The number of amides is 2. The van der Waals surface area contributed by atoms with Gasteiger partial charge in [-0.1, -0.05) is 23.9 Å². The molecule has 9 nitrogen and oxygen atoms in total. The molecule has 0 aliphatic heterocycles. The zero-order valence-electron chi connectivity index (χ0n) is 19.0. The van der Waals surface area contributed by atoms with Crippen LogP contribution in [0.15, 0.2) is 53.7 Å². The van der Waals surface area contributed by atoms with E-state index in [9.17, 15) is 9.59 Å². The molecule has 33 heavy (non-hydrogen) atoms. The molecule has 0 fully saturated rings. The van der Waals surface area contributed by atoms with Gasteiger partial charge in [0.1, 0.15) is 11.5 Å². The summed E-state index contributed by atoms with van der Waals surface area (Å²) >= 11 is 1.28. The van der Waals surface area contributed by atoms with Gasteiger partial charge in [-0.05, 0) is 50.2 Å². The van der Waals surface area contributed by atoms with E-state index in [1.54, 1.807) is 50.6 Å². The molecule has 3 aromatic rings. The van der Waals surface area contributed by atoms with E-state index in [0.29, 0.717) is 40.3 Å². The molecule has 0 bridgehead atoms. The minimum absolute atomic E-state index is 0.156. The van der Waals surface area contributed by atoms with Gasteiger partial charge in [-0.3, -0.25) is 9.59 Å². The summed E-state index contributed by atoms with van der Waals surface area (Å²) in [6, 6.07) is 13.7. The third kappa shape index (κ3) is 6.04. The van der Waals surface area contributed by atoms with Gasteiger partial charge in [-0.25, -0.2) is 0 Å². The zero-order chi connectivity index (χ0) is 23.8. The molecule has 2 amide bonds. The Morgan fingerprint density at radius 2 is 1.79 bits per heavy atom. The summed E-state index contributed by atoms with van der Waals surface area (Å²) in [4.78, 5) is 25.0. The number of nitrogens with one attached hydrogen (secondary N) is 2. The van der Waals surface area contributed by atoms with Gasteiger partial charge in [0.25, 0.3) is 5.91 Å². The fourth-order valence-corrected chi connectivity index (χ4v) is 3.98. The molecule has 10 heteroatoms. The van der Waals surface area contributed by atoms with Gasteiger partial charge in [0.15, 0.2) is 11.0 Å². The van der Waals surface area contributed by atoms with Crippen molar-refractivity contribution in [1.29, 1.82) is 0 Å². The average Bonchev–Trinajstić information content (AvgIpc) is 3.26. The molecule has 0 aliphatic rings. The predicted octanol–water partition coefficient (Wildman–Crippen LogP) is 3.54. The van der Waals surface area contributed by atoms with Crippen LogP contribution < -0.4 is 20.1 Å². The minimum atomic E-state index is -0.371. The maximum absolute atomic E-state index is 12.6. The number of carbonyl (C=O) groups is 2. The number of benzene rings is 2. The van der Waals surface area contributed by atoms with Crippen LogP contribution in [0.4, 0.5) is 5.69 Å². The summed E-state index contributed by atoms with van der Waals surface area (Å²) in [5.41, 5.74) is 1.13. The maximum Gasteiger partial charge on any atom is 0.251 e. The second-order valence-electron chi connectivity index (χ2n) is 7.05. The fourth-order valence-electron chi connectivity index (χ4n) is 3.18. The van der Waals surface area contributed by atoms with Crippen LogP contribution in [0.3, 0.4) is 0 Å². The van der Waals surface area contributed by atoms with Crippen LogP contribution in [0.1, 0.15) is 36.1 Å². The first-order chi connectivity index (χ1) is 16.0. The molecule has 1 heterocycles. The van der Waals surface area contributed by atoms with E-state index in [0.717, 1.165) is 0 Å². The molecule has 3 rings (SSSR count). The standard InChI is InChI=1S/C23H27N5O4S/c1-5-28-21(15(2)24-22(30)16-10-12-17(31-3)13-11-16)26-27-23(28)33-14-20(29)25-18-8-6-7-9-19(18)32-4/h6-13,15H,5,14H2,1-4H3,(H,24,30)(H,25,29). The highest BCUT2D eigenvalue weighted by Gasteiger charge is 2.20. The Morgan fingerprint density at radius 3 is 2.45 bits per heavy atom. The maximum atomic E-state index is 12.6. The van der Waals surface area contributed by atoms with Crippen molar-refractivity contribution in [2.45, 2.75) is 31.6 Å². The summed E-state index contributed by atoms with van der Waals surface area (Å²) < 4.78 is 12.3. The number of methoxy groups -OCH3 is 2. The quantitative estimate of drug-likeness (QED) is 0.437. The van der Waals surface area contributed by atoms with Crippen molar-refractivity contribution in [2.24, 2.45) is 0 Å². The molecule has 1 unspecified atom stereocenters. The number of anilines is 1. The first-order valence-corrected chi connectivity index (χ1v) is 11.4. The number of nitrogens with zero attached hydrogens (tertiary/aromatic N) is 3. The molecule has 2 N–H and O–H groups in total. The largest absolute Gasteiger partial charge is 0.497 e. The molecular formula is C23H27N5O4S. The van der Waals surface area contributed by atoms with Crippen molar-refractivity contribution >= 4 is 29.3 Å². The number of aromatic nitrogens is 3.